The van der Waals surface area contributed by atoms with Gasteiger partial charge in [-0.2, -0.15) is 5.10 Å². The van der Waals surface area contributed by atoms with Gasteiger partial charge in [0.05, 0.1) is 38.8 Å². The van der Waals surface area contributed by atoms with Crippen LogP contribution in [0.25, 0.3) is 5.69 Å². The Balaban J connectivity index is 1.50. The maximum Gasteiger partial charge on any atom is 0.179 e. The largest absolute Gasteiger partial charge is 0.337 e. The molecule has 6 nitrogen and oxygen atoms in total. The van der Waals surface area contributed by atoms with Crippen LogP contribution in [0.3, 0.4) is 0 Å². The van der Waals surface area contributed by atoms with Crippen LogP contribution in [0.4, 0.5) is 22.9 Å². The Kier molecular flexibility index (Phi) is 6.23. The van der Waals surface area contributed by atoms with Crippen molar-refractivity contribution in [3.8, 4) is 5.69 Å². The second kappa shape index (κ2) is 9.93. The summed E-state index contributed by atoms with van der Waals surface area (Å²) in [4.78, 5) is 12.5. The molecule has 0 spiro atoms. The standard InChI is InChI=1S/C31H21BrCl2N6/c1-18-27-28(19-8-7-9-20(32)16-19)39-26-13-6-5-12-25(26)36-29(35-21-14-15-23(33)24(34)17-21)31(39)37-30(27)40(38-18)22-10-3-2-4-11-22/h2-17,28H,1H3,(H,35,36)/t28-/m0/s1. The summed E-state index contributed by atoms with van der Waals surface area (Å²) >= 11 is 16.2. The average molecular weight is 628 g/mol. The van der Waals surface area contributed by atoms with Crippen LogP contribution in [0.15, 0.2) is 112 Å². The second-order valence-corrected chi connectivity index (χ2v) is 11.3. The van der Waals surface area contributed by atoms with Gasteiger partial charge in [0.2, 0.25) is 0 Å². The minimum atomic E-state index is -0.209. The van der Waals surface area contributed by atoms with Gasteiger partial charge in [-0.3, -0.25) is 0 Å². The summed E-state index contributed by atoms with van der Waals surface area (Å²) in [6, 6.07) is 31.8. The van der Waals surface area contributed by atoms with E-state index in [0.29, 0.717) is 21.7 Å². The van der Waals surface area contributed by atoms with Crippen molar-refractivity contribution in [3.63, 3.8) is 0 Å². The minimum Gasteiger partial charge on any atom is -0.337 e. The maximum atomic E-state index is 6.36. The Bertz CT molecular complexity index is 1850. The van der Waals surface area contributed by atoms with Crippen LogP contribution in [0.5, 0.6) is 0 Å². The molecular formula is C31H21BrCl2N6. The summed E-state index contributed by atoms with van der Waals surface area (Å²) in [5.74, 6) is 2.04. The molecule has 0 fully saturated rings. The smallest absolute Gasteiger partial charge is 0.179 e. The van der Waals surface area contributed by atoms with Gasteiger partial charge in [0.1, 0.15) is 0 Å². The average Bonchev–Trinajstić information content (AvgIpc) is 3.30. The third-order valence-corrected chi connectivity index (χ3v) is 8.22. The van der Waals surface area contributed by atoms with E-state index in [2.05, 4.69) is 50.4 Å². The zero-order valence-corrected chi connectivity index (χ0v) is 24.3. The fourth-order valence-electron chi connectivity index (χ4n) is 5.25. The summed E-state index contributed by atoms with van der Waals surface area (Å²) in [5.41, 5.74) is 6.53. The number of amidine groups is 2. The lowest BCUT2D eigenvalue weighted by Gasteiger charge is -2.40. The third kappa shape index (κ3) is 4.22. The number of halogens is 3. The van der Waals surface area contributed by atoms with Crippen molar-refractivity contribution >= 4 is 73.7 Å². The predicted octanol–water partition coefficient (Wildman–Crippen LogP) is 9.05. The van der Waals surface area contributed by atoms with Crippen molar-refractivity contribution in [2.45, 2.75) is 13.0 Å². The summed E-state index contributed by atoms with van der Waals surface area (Å²) in [7, 11) is 0. The summed E-state index contributed by atoms with van der Waals surface area (Å²) < 4.78 is 2.91. The molecule has 0 saturated carbocycles. The lowest BCUT2D eigenvalue weighted by atomic mass is 9.93. The molecule has 0 amide bonds. The van der Waals surface area contributed by atoms with Crippen LogP contribution in [-0.4, -0.2) is 21.5 Å². The zero-order chi connectivity index (χ0) is 27.4. The lowest BCUT2D eigenvalue weighted by Crippen LogP contribution is -2.46. The molecule has 0 unspecified atom stereocenters. The Morgan fingerprint density at radius 1 is 0.825 bits per heavy atom. The topological polar surface area (TPSA) is 57.8 Å². The van der Waals surface area contributed by atoms with Crippen LogP contribution < -0.4 is 10.2 Å². The van der Waals surface area contributed by atoms with E-state index in [1.54, 1.807) is 12.1 Å². The Morgan fingerprint density at radius 3 is 2.42 bits per heavy atom. The monoisotopic (exact) mass is 626 g/mol. The number of nitrogens with zero attached hydrogens (tertiary/aromatic N) is 5. The molecule has 2 aliphatic rings. The van der Waals surface area contributed by atoms with Gasteiger partial charge >= 0.3 is 0 Å². The van der Waals surface area contributed by atoms with Gasteiger partial charge in [-0.15, -0.1) is 0 Å². The van der Waals surface area contributed by atoms with Gasteiger partial charge in [-0.1, -0.05) is 81.6 Å². The molecule has 7 rings (SSSR count). The van der Waals surface area contributed by atoms with Gasteiger partial charge in [-0.05, 0) is 67.1 Å². The number of aromatic nitrogens is 2. The molecular weight excluding hydrogens is 607 g/mol. The number of hydrogen-bond donors (Lipinski definition) is 1. The first-order chi connectivity index (χ1) is 19.5. The van der Waals surface area contributed by atoms with Crippen molar-refractivity contribution in [2.75, 3.05) is 10.2 Å². The van der Waals surface area contributed by atoms with Crippen LogP contribution in [-0.2, 0) is 0 Å². The molecule has 0 aliphatic carbocycles. The highest BCUT2D eigenvalue weighted by Gasteiger charge is 2.41. The first-order valence-electron chi connectivity index (χ1n) is 12.7. The van der Waals surface area contributed by atoms with Crippen LogP contribution >= 0.6 is 39.1 Å². The van der Waals surface area contributed by atoms with E-state index in [1.165, 1.54) is 0 Å². The molecule has 0 saturated heterocycles. The zero-order valence-electron chi connectivity index (χ0n) is 21.2. The molecule has 40 heavy (non-hydrogen) atoms. The third-order valence-electron chi connectivity index (χ3n) is 6.99. The molecule has 1 aromatic heterocycles. The van der Waals surface area contributed by atoms with Gasteiger partial charge in [0, 0.05) is 15.7 Å². The maximum absolute atomic E-state index is 6.36. The number of fused-ring (bicyclic) bond motifs is 4. The first-order valence-corrected chi connectivity index (χ1v) is 14.2. The molecule has 4 aromatic carbocycles. The normalized spacial score (nSPS) is 15.5. The van der Waals surface area contributed by atoms with Crippen LogP contribution in [0.2, 0.25) is 10.0 Å². The van der Waals surface area contributed by atoms with Gasteiger partial charge in [0.15, 0.2) is 17.5 Å². The predicted molar refractivity (Wildman–Crippen MR) is 167 cm³/mol. The van der Waals surface area contributed by atoms with Gasteiger partial charge < -0.3 is 10.2 Å². The van der Waals surface area contributed by atoms with Crippen LogP contribution in [0.1, 0.15) is 22.9 Å². The quantitative estimate of drug-likeness (QED) is 0.217. The fraction of sp³-hybridized carbons (Fsp3) is 0.0645. The molecule has 1 atom stereocenters. The van der Waals surface area contributed by atoms with Crippen LogP contribution in [0, 0.1) is 6.92 Å². The van der Waals surface area contributed by atoms with Crippen molar-refractivity contribution < 1.29 is 0 Å². The Labute approximate surface area is 249 Å². The second-order valence-electron chi connectivity index (χ2n) is 9.54. The molecule has 0 radical (unpaired) electrons. The minimum absolute atomic E-state index is 0.209. The van der Waals surface area contributed by atoms with Crippen molar-refractivity contribution in [1.29, 1.82) is 0 Å². The number of rotatable bonds is 3. The molecule has 196 valence electrons. The lowest BCUT2D eigenvalue weighted by molar-refractivity contribution is 0.815. The van der Waals surface area contributed by atoms with E-state index in [1.807, 2.05) is 72.3 Å². The van der Waals surface area contributed by atoms with E-state index >= 15 is 0 Å². The highest BCUT2D eigenvalue weighted by molar-refractivity contribution is 9.10. The summed E-state index contributed by atoms with van der Waals surface area (Å²) in [6.45, 7) is 2.04. The highest BCUT2D eigenvalue weighted by atomic mass is 79.9. The van der Waals surface area contributed by atoms with E-state index in [9.17, 15) is 0 Å². The van der Waals surface area contributed by atoms with E-state index < -0.39 is 0 Å². The number of para-hydroxylation sites is 3. The molecule has 2 aliphatic heterocycles. The fourth-order valence-corrected chi connectivity index (χ4v) is 5.96. The number of aryl methyl sites for hydroxylation is 1. The molecule has 1 N–H and O–H groups in total. The SMILES string of the molecule is Cc1nn(-c2ccccc2)c2c1[C@H](c1cccc(Br)c1)N1C(=N2)C(Nc2ccc(Cl)c(Cl)c2)=Nc2ccccc21. The molecule has 0 bridgehead atoms. The first kappa shape index (κ1) is 25.1. The molecule has 9 heteroatoms. The van der Waals surface area contributed by atoms with Gasteiger partial charge in [-0.25, -0.2) is 14.7 Å². The van der Waals surface area contributed by atoms with E-state index in [0.717, 1.165) is 49.9 Å². The Hall–Kier alpha value is -3.91. The van der Waals surface area contributed by atoms with E-state index in [-0.39, 0.29) is 6.04 Å². The van der Waals surface area contributed by atoms with Crippen molar-refractivity contribution in [3.05, 3.63) is 128 Å². The van der Waals surface area contributed by atoms with Crippen molar-refractivity contribution in [2.24, 2.45) is 9.98 Å². The summed E-state index contributed by atoms with van der Waals surface area (Å²) in [5, 5.41) is 9.39. The number of aliphatic imine (C=N–C) groups is 2. The summed E-state index contributed by atoms with van der Waals surface area (Å²) in [6.07, 6.45) is 0. The molecule has 5 aromatic rings. The number of hydrogen-bond acceptors (Lipinski definition) is 5. The molecule has 3 heterocycles. The highest BCUT2D eigenvalue weighted by Crippen LogP contribution is 2.48. The number of benzene rings is 4. The number of anilines is 2. The van der Waals surface area contributed by atoms with E-state index in [4.69, 9.17) is 38.3 Å². The van der Waals surface area contributed by atoms with Gasteiger partial charge in [0.25, 0.3) is 0 Å². The van der Waals surface area contributed by atoms with Crippen molar-refractivity contribution in [1.82, 2.24) is 9.78 Å². The Morgan fingerprint density at radius 2 is 1.62 bits per heavy atom. The number of nitrogens with one attached hydrogen (secondary N) is 1.